The van der Waals surface area contributed by atoms with E-state index in [-0.39, 0.29) is 0 Å². The van der Waals surface area contributed by atoms with Crippen LogP contribution in [0, 0.1) is 5.92 Å². The van der Waals surface area contributed by atoms with Crippen LogP contribution in [0.25, 0.3) is 0 Å². The van der Waals surface area contributed by atoms with Crippen molar-refractivity contribution in [1.82, 2.24) is 5.32 Å². The second kappa shape index (κ2) is 6.66. The van der Waals surface area contributed by atoms with Crippen molar-refractivity contribution in [1.29, 1.82) is 0 Å². The number of hydrogen-bond donors (Lipinski definition) is 1. The molecule has 0 aromatic carbocycles. The fourth-order valence-corrected chi connectivity index (χ4v) is 3.24. The van der Waals surface area contributed by atoms with Gasteiger partial charge in [-0.3, -0.25) is 0 Å². The first kappa shape index (κ1) is 13.2. The van der Waals surface area contributed by atoms with Crippen LogP contribution in [0.4, 0.5) is 0 Å². The first-order valence-electron chi connectivity index (χ1n) is 5.56. The molecule has 0 saturated carbocycles. The highest BCUT2D eigenvalue weighted by molar-refractivity contribution is 9.11. The maximum atomic E-state index is 3.51. The Hall–Kier alpha value is 0.140. The Labute approximate surface area is 105 Å². The van der Waals surface area contributed by atoms with Gasteiger partial charge in [0.05, 0.1) is 3.79 Å². The van der Waals surface area contributed by atoms with E-state index >= 15 is 0 Å². The van der Waals surface area contributed by atoms with Crippen LogP contribution in [-0.2, 0) is 0 Å². The first-order valence-corrected chi connectivity index (χ1v) is 7.17. The summed E-state index contributed by atoms with van der Waals surface area (Å²) in [5.41, 5.74) is 0. The van der Waals surface area contributed by atoms with Gasteiger partial charge in [0.2, 0.25) is 0 Å². The smallest absolute Gasteiger partial charge is 0.0701 e. The second-order valence-electron chi connectivity index (χ2n) is 4.31. The van der Waals surface area contributed by atoms with E-state index in [1.54, 1.807) is 0 Å². The molecule has 1 atom stereocenters. The number of nitrogens with one attached hydrogen (secondary N) is 1. The second-order valence-corrected chi connectivity index (χ2v) is 6.80. The Morgan fingerprint density at radius 1 is 1.33 bits per heavy atom. The Morgan fingerprint density at radius 2 is 2.07 bits per heavy atom. The normalized spacial score (nSPS) is 13.4. The average Bonchev–Trinajstić information content (AvgIpc) is 2.59. The van der Waals surface area contributed by atoms with Crippen molar-refractivity contribution in [2.45, 2.75) is 39.2 Å². The summed E-state index contributed by atoms with van der Waals surface area (Å²) in [5.74, 6) is 0.817. The summed E-state index contributed by atoms with van der Waals surface area (Å²) in [6.45, 7) is 4.58. The molecule has 0 aliphatic heterocycles. The summed E-state index contributed by atoms with van der Waals surface area (Å²) in [6.07, 6.45) is 3.87. The lowest BCUT2D eigenvalue weighted by Crippen LogP contribution is -2.15. The maximum absolute atomic E-state index is 3.51. The van der Waals surface area contributed by atoms with E-state index in [9.17, 15) is 0 Å². The van der Waals surface area contributed by atoms with Crippen LogP contribution in [0.1, 0.15) is 44.0 Å². The summed E-state index contributed by atoms with van der Waals surface area (Å²) in [6, 6.07) is 4.87. The van der Waals surface area contributed by atoms with Crippen LogP contribution in [-0.4, -0.2) is 7.05 Å². The molecular formula is C12H20BrNS. The summed E-state index contributed by atoms with van der Waals surface area (Å²) < 4.78 is 1.22. The molecule has 86 valence electrons. The minimum Gasteiger partial charge on any atom is -0.312 e. The lowest BCUT2D eigenvalue weighted by atomic mass is 10.0. The fourth-order valence-electron chi connectivity index (χ4n) is 1.67. The number of halogens is 1. The van der Waals surface area contributed by atoms with Crippen molar-refractivity contribution >= 4 is 27.3 Å². The van der Waals surface area contributed by atoms with Gasteiger partial charge < -0.3 is 5.32 Å². The molecule has 0 aliphatic carbocycles. The molecule has 0 fully saturated rings. The monoisotopic (exact) mass is 289 g/mol. The minimum atomic E-state index is 0.528. The minimum absolute atomic E-state index is 0.528. The summed E-state index contributed by atoms with van der Waals surface area (Å²) >= 11 is 5.35. The van der Waals surface area contributed by atoms with Crippen LogP contribution >= 0.6 is 27.3 Å². The van der Waals surface area contributed by atoms with Gasteiger partial charge in [-0.15, -0.1) is 11.3 Å². The SMILES string of the molecule is CNC(CCCC(C)C)c1ccc(Br)s1. The summed E-state index contributed by atoms with van der Waals surface area (Å²) in [7, 11) is 2.05. The van der Waals surface area contributed by atoms with Gasteiger partial charge in [-0.25, -0.2) is 0 Å². The molecule has 15 heavy (non-hydrogen) atoms. The highest BCUT2D eigenvalue weighted by atomic mass is 79.9. The van der Waals surface area contributed by atoms with Crippen LogP contribution < -0.4 is 5.32 Å². The predicted molar refractivity (Wildman–Crippen MR) is 72.5 cm³/mol. The van der Waals surface area contributed by atoms with Crippen LogP contribution in [0.3, 0.4) is 0 Å². The quantitative estimate of drug-likeness (QED) is 0.807. The molecule has 1 unspecified atom stereocenters. The van der Waals surface area contributed by atoms with Gasteiger partial charge >= 0.3 is 0 Å². The molecule has 1 aromatic rings. The van der Waals surface area contributed by atoms with E-state index in [0.717, 1.165) is 5.92 Å². The summed E-state index contributed by atoms with van der Waals surface area (Å²) in [4.78, 5) is 1.44. The molecular weight excluding hydrogens is 270 g/mol. The van der Waals surface area contributed by atoms with E-state index in [1.165, 1.54) is 27.9 Å². The highest BCUT2D eigenvalue weighted by Crippen LogP contribution is 2.30. The van der Waals surface area contributed by atoms with E-state index in [4.69, 9.17) is 0 Å². The topological polar surface area (TPSA) is 12.0 Å². The van der Waals surface area contributed by atoms with Crippen LogP contribution in [0.15, 0.2) is 15.9 Å². The molecule has 0 amide bonds. The van der Waals surface area contributed by atoms with Crippen molar-refractivity contribution in [3.63, 3.8) is 0 Å². The van der Waals surface area contributed by atoms with Gasteiger partial charge in [0.15, 0.2) is 0 Å². The maximum Gasteiger partial charge on any atom is 0.0701 e. The summed E-state index contributed by atoms with van der Waals surface area (Å²) in [5, 5.41) is 3.39. The number of rotatable bonds is 6. The van der Waals surface area contributed by atoms with Gasteiger partial charge in [-0.2, -0.15) is 0 Å². The largest absolute Gasteiger partial charge is 0.312 e. The molecule has 0 radical (unpaired) electrons. The zero-order valence-corrected chi connectivity index (χ0v) is 12.1. The predicted octanol–water partition coefficient (Wildman–Crippen LogP) is 4.60. The third-order valence-corrected chi connectivity index (χ3v) is 4.30. The van der Waals surface area contributed by atoms with Crippen molar-refractivity contribution in [2.75, 3.05) is 7.05 Å². The van der Waals surface area contributed by atoms with Gasteiger partial charge in [-0.1, -0.05) is 26.7 Å². The Bertz CT molecular complexity index is 283. The van der Waals surface area contributed by atoms with Gasteiger partial charge in [0.1, 0.15) is 0 Å². The third kappa shape index (κ3) is 4.66. The zero-order chi connectivity index (χ0) is 11.3. The molecule has 0 saturated heterocycles. The van der Waals surface area contributed by atoms with Crippen molar-refractivity contribution < 1.29 is 0 Å². The van der Waals surface area contributed by atoms with E-state index in [2.05, 4.69) is 47.2 Å². The van der Waals surface area contributed by atoms with Crippen molar-refractivity contribution in [3.8, 4) is 0 Å². The van der Waals surface area contributed by atoms with E-state index in [0.29, 0.717) is 6.04 Å². The third-order valence-electron chi connectivity index (χ3n) is 2.56. The van der Waals surface area contributed by atoms with Crippen LogP contribution in [0.5, 0.6) is 0 Å². The molecule has 1 heterocycles. The molecule has 0 spiro atoms. The van der Waals surface area contributed by atoms with Crippen molar-refractivity contribution in [3.05, 3.63) is 20.8 Å². The van der Waals surface area contributed by atoms with E-state index < -0.39 is 0 Å². The van der Waals surface area contributed by atoms with E-state index in [1.807, 2.05) is 18.4 Å². The van der Waals surface area contributed by atoms with Crippen molar-refractivity contribution in [2.24, 2.45) is 5.92 Å². The molecule has 0 aliphatic rings. The highest BCUT2D eigenvalue weighted by Gasteiger charge is 2.11. The standard InChI is InChI=1S/C12H20BrNS/c1-9(2)5-4-6-10(14-3)11-7-8-12(13)15-11/h7-10,14H,4-6H2,1-3H3. The van der Waals surface area contributed by atoms with Gasteiger partial charge in [0, 0.05) is 10.9 Å². The zero-order valence-electron chi connectivity index (χ0n) is 9.72. The first-order chi connectivity index (χ1) is 7.13. The number of hydrogen-bond acceptors (Lipinski definition) is 2. The molecule has 0 bridgehead atoms. The van der Waals surface area contributed by atoms with Crippen LogP contribution in [0.2, 0.25) is 0 Å². The fraction of sp³-hybridized carbons (Fsp3) is 0.667. The Morgan fingerprint density at radius 3 is 2.53 bits per heavy atom. The molecule has 1 aromatic heterocycles. The Kier molecular flexibility index (Phi) is 5.87. The molecule has 1 rings (SSSR count). The molecule has 3 heteroatoms. The van der Waals surface area contributed by atoms with Gasteiger partial charge in [0.25, 0.3) is 0 Å². The molecule has 1 N–H and O–H groups in total. The Balaban J connectivity index is 2.42. The number of thiophene rings is 1. The van der Waals surface area contributed by atoms with Gasteiger partial charge in [-0.05, 0) is 47.4 Å². The average molecular weight is 290 g/mol. The lowest BCUT2D eigenvalue weighted by molar-refractivity contribution is 0.474. The molecule has 1 nitrogen and oxygen atoms in total. The lowest BCUT2D eigenvalue weighted by Gasteiger charge is -2.14.